The number of anilines is 1. The Morgan fingerprint density at radius 3 is 2.65 bits per heavy atom. The van der Waals surface area contributed by atoms with Crippen LogP contribution in [-0.4, -0.2) is 20.9 Å². The fraction of sp³-hybridized carbons (Fsp3) is 0.688. The van der Waals surface area contributed by atoms with E-state index in [2.05, 4.69) is 10.0 Å². The molecule has 0 aliphatic heterocycles. The molecule has 0 aromatic carbocycles. The van der Waals surface area contributed by atoms with Crippen LogP contribution >= 0.6 is 11.3 Å². The van der Waals surface area contributed by atoms with Crippen LogP contribution in [0.4, 0.5) is 5.00 Å². The van der Waals surface area contributed by atoms with E-state index in [1.807, 2.05) is 13.8 Å². The van der Waals surface area contributed by atoms with Crippen LogP contribution < -0.4 is 10.0 Å². The average molecular weight is 361 g/mol. The number of fused-ring (bicyclic) bond motifs is 1. The zero-order valence-electron chi connectivity index (χ0n) is 13.6. The molecule has 5 nitrogen and oxygen atoms in total. The molecule has 1 saturated carbocycles. The largest absolute Gasteiger partial charge is 0.316 e. The highest BCUT2D eigenvalue weighted by Crippen LogP contribution is 2.42. The van der Waals surface area contributed by atoms with Gasteiger partial charge in [-0.3, -0.25) is 4.79 Å². The first-order valence-corrected chi connectivity index (χ1v) is 10.6. The van der Waals surface area contributed by atoms with Crippen LogP contribution in [0.15, 0.2) is 4.90 Å². The van der Waals surface area contributed by atoms with Crippen LogP contribution in [0.5, 0.6) is 0 Å². The number of sulfonamides is 1. The second-order valence-electron chi connectivity index (χ2n) is 6.88. The second-order valence-corrected chi connectivity index (χ2v) is 9.69. The summed E-state index contributed by atoms with van der Waals surface area (Å²) in [6, 6.07) is 0. The number of amides is 1. The van der Waals surface area contributed by atoms with Gasteiger partial charge in [0.25, 0.3) is 0 Å². The summed E-state index contributed by atoms with van der Waals surface area (Å²) >= 11 is 1.45. The number of hydrogen-bond donors (Lipinski definition) is 2. The number of nitrogens with one attached hydrogen (secondary N) is 2. The summed E-state index contributed by atoms with van der Waals surface area (Å²) < 4.78 is 28.3. The molecule has 1 amide bonds. The van der Waals surface area contributed by atoms with Gasteiger partial charge in [0, 0.05) is 20.2 Å². The maximum atomic E-state index is 12.8. The minimum atomic E-state index is -3.59. The maximum absolute atomic E-state index is 12.8. The first kappa shape index (κ1) is 16.9. The summed E-state index contributed by atoms with van der Waals surface area (Å²) in [5.41, 5.74) is 0.920. The van der Waals surface area contributed by atoms with Crippen molar-refractivity contribution < 1.29 is 16.1 Å². The maximum Gasteiger partial charge on any atom is 0.243 e. The van der Waals surface area contributed by atoms with Gasteiger partial charge >= 0.3 is 0 Å². The monoisotopic (exact) mass is 360 g/mol. The molecule has 0 spiro atoms. The minimum Gasteiger partial charge on any atom is -0.316 e. The number of carbonyl (C=O) groups is 1. The Morgan fingerprint density at radius 2 is 2.00 bits per heavy atom. The van der Waals surface area contributed by atoms with Crippen LogP contribution in [0.25, 0.3) is 0 Å². The Labute approximate surface area is 144 Å². The lowest BCUT2D eigenvalue weighted by atomic mass is 9.99. The van der Waals surface area contributed by atoms with E-state index < -0.39 is 10.0 Å². The van der Waals surface area contributed by atoms with Crippen LogP contribution in [0, 0.1) is 11.8 Å². The smallest absolute Gasteiger partial charge is 0.243 e. The molecule has 1 aromatic heterocycles. The molecule has 2 N–H and O–H groups in total. The lowest BCUT2D eigenvalue weighted by molar-refractivity contribution is -0.117. The molecule has 0 radical (unpaired) electrons. The van der Waals surface area contributed by atoms with Gasteiger partial charge in [-0.15, -0.1) is 11.3 Å². The number of thiophene rings is 1. The van der Waals surface area contributed by atoms with Crippen molar-refractivity contribution >= 4 is 32.3 Å². The first-order valence-electron chi connectivity index (χ1n) is 8.33. The molecule has 2 aliphatic rings. The van der Waals surface area contributed by atoms with Gasteiger partial charge in [0.05, 0.1) is 0 Å². The van der Waals surface area contributed by atoms with Gasteiger partial charge in [-0.05, 0) is 50.0 Å². The third kappa shape index (κ3) is 3.78. The average Bonchev–Trinajstić information content (AvgIpc) is 3.26. The minimum absolute atomic E-state index is 0. The summed E-state index contributed by atoms with van der Waals surface area (Å²) in [7, 11) is -3.59. The van der Waals surface area contributed by atoms with Crippen LogP contribution in [0.1, 0.15) is 52.8 Å². The van der Waals surface area contributed by atoms with E-state index in [1.165, 1.54) is 11.3 Å². The van der Waals surface area contributed by atoms with E-state index in [-0.39, 0.29) is 20.6 Å². The summed E-state index contributed by atoms with van der Waals surface area (Å²) in [6.07, 6.45) is 5.60. The quantitative estimate of drug-likeness (QED) is 0.816. The van der Waals surface area contributed by atoms with E-state index in [1.54, 1.807) is 0 Å². The van der Waals surface area contributed by atoms with E-state index in [4.69, 9.17) is 0 Å². The van der Waals surface area contributed by atoms with Gasteiger partial charge < -0.3 is 5.32 Å². The molecule has 1 heterocycles. The van der Waals surface area contributed by atoms with Gasteiger partial charge in [-0.25, -0.2) is 13.1 Å². The van der Waals surface area contributed by atoms with Gasteiger partial charge in [0.15, 0.2) is 0 Å². The summed E-state index contributed by atoms with van der Waals surface area (Å²) in [5, 5.41) is 3.40. The Balaban J connectivity index is 0.00000156. The SMILES string of the molecule is CC(C)CNS(=O)(=O)c1c(NC(=O)C2CC2)sc2c1CCCC2.[HH].[HH]. The predicted octanol–water partition coefficient (Wildman–Crippen LogP) is 3.40. The second kappa shape index (κ2) is 6.53. The van der Waals surface area contributed by atoms with Crippen molar-refractivity contribution in [3.8, 4) is 0 Å². The van der Waals surface area contributed by atoms with Crippen LogP contribution in [-0.2, 0) is 27.7 Å². The zero-order chi connectivity index (χ0) is 16.6. The van der Waals surface area contributed by atoms with Crippen LogP contribution in [0.2, 0.25) is 0 Å². The third-order valence-electron chi connectivity index (χ3n) is 4.26. The highest BCUT2D eigenvalue weighted by Gasteiger charge is 2.34. The van der Waals surface area contributed by atoms with Crippen molar-refractivity contribution in [1.82, 2.24) is 4.72 Å². The van der Waals surface area contributed by atoms with E-state index in [9.17, 15) is 13.2 Å². The number of rotatable bonds is 6. The van der Waals surface area contributed by atoms with Crippen molar-refractivity contribution in [2.75, 3.05) is 11.9 Å². The molecule has 7 heteroatoms. The van der Waals surface area contributed by atoms with Crippen molar-refractivity contribution in [1.29, 1.82) is 0 Å². The summed E-state index contributed by atoms with van der Waals surface area (Å²) in [6.45, 7) is 4.35. The van der Waals surface area contributed by atoms with Crippen molar-refractivity contribution in [3.05, 3.63) is 10.4 Å². The third-order valence-corrected chi connectivity index (χ3v) is 7.13. The Bertz CT molecular complexity index is 713. The molecule has 2 aliphatic carbocycles. The fourth-order valence-electron chi connectivity index (χ4n) is 2.81. The number of hydrogen-bond acceptors (Lipinski definition) is 4. The van der Waals surface area contributed by atoms with E-state index in [0.29, 0.717) is 16.4 Å². The fourth-order valence-corrected chi connectivity index (χ4v) is 6.06. The molecule has 1 aromatic rings. The molecular weight excluding hydrogens is 332 g/mol. The topological polar surface area (TPSA) is 75.3 Å². The molecule has 23 heavy (non-hydrogen) atoms. The molecule has 0 atom stereocenters. The van der Waals surface area contributed by atoms with Gasteiger partial charge in [0.1, 0.15) is 9.90 Å². The summed E-state index contributed by atoms with van der Waals surface area (Å²) in [4.78, 5) is 13.6. The van der Waals surface area contributed by atoms with Gasteiger partial charge in [-0.2, -0.15) is 0 Å². The number of aryl methyl sites for hydroxylation is 1. The molecule has 3 rings (SSSR count). The highest BCUT2D eigenvalue weighted by atomic mass is 32.2. The normalized spacial score (nSPS) is 18.0. The zero-order valence-corrected chi connectivity index (χ0v) is 15.3. The molecule has 1 fully saturated rings. The molecule has 0 bridgehead atoms. The Kier molecular flexibility index (Phi) is 4.80. The molecule has 0 unspecified atom stereocenters. The molecule has 132 valence electrons. The van der Waals surface area contributed by atoms with Crippen molar-refractivity contribution in [2.24, 2.45) is 11.8 Å². The lowest BCUT2D eigenvalue weighted by Crippen LogP contribution is -2.29. The van der Waals surface area contributed by atoms with Crippen molar-refractivity contribution in [2.45, 2.75) is 57.3 Å². The molecular formula is C16H28N2O3S2. The van der Waals surface area contributed by atoms with E-state index >= 15 is 0 Å². The van der Waals surface area contributed by atoms with Crippen LogP contribution in [0.3, 0.4) is 0 Å². The van der Waals surface area contributed by atoms with E-state index in [0.717, 1.165) is 49.0 Å². The predicted molar refractivity (Wildman–Crippen MR) is 96.6 cm³/mol. The standard InChI is InChI=1S/C16H24N2O3S2.2H2/c1-10(2)9-17-23(20,21)14-12-5-3-4-6-13(12)22-16(14)18-15(19)11-7-8-11;;/h10-11,17H,3-9H2,1-2H3,(H,18,19);2*1H. The van der Waals surface area contributed by atoms with Crippen molar-refractivity contribution in [3.63, 3.8) is 0 Å². The first-order chi connectivity index (χ1) is 10.9. The molecule has 0 saturated heterocycles. The lowest BCUT2D eigenvalue weighted by Gasteiger charge is -2.15. The van der Waals surface area contributed by atoms with Gasteiger partial charge in [-0.1, -0.05) is 13.8 Å². The summed E-state index contributed by atoms with van der Waals surface area (Å²) in [5.74, 6) is 0.265. The Hall–Kier alpha value is -0.920. The van der Waals surface area contributed by atoms with Gasteiger partial charge in [0.2, 0.25) is 15.9 Å². The highest BCUT2D eigenvalue weighted by molar-refractivity contribution is 7.90. The Morgan fingerprint density at radius 1 is 1.30 bits per heavy atom. The number of carbonyl (C=O) groups excluding carboxylic acids is 1.